The van der Waals surface area contributed by atoms with Crippen LogP contribution in [0.4, 0.5) is 0 Å². The molecule has 2 aromatic heterocycles. The van der Waals surface area contributed by atoms with Crippen molar-refractivity contribution >= 4 is 22.9 Å². The first-order valence-corrected chi connectivity index (χ1v) is 6.75. The molecule has 3 nitrogen and oxygen atoms in total. The molecule has 0 aliphatic heterocycles. The SMILES string of the molecule is CCN(Cc1cc(C)on1)Cc1ccc(Cl)s1. The van der Waals surface area contributed by atoms with E-state index >= 15 is 0 Å². The summed E-state index contributed by atoms with van der Waals surface area (Å²) in [7, 11) is 0. The molecule has 0 amide bonds. The van der Waals surface area contributed by atoms with Crippen LogP contribution in [0, 0.1) is 6.92 Å². The summed E-state index contributed by atoms with van der Waals surface area (Å²) in [5.74, 6) is 0.857. The molecule has 0 aliphatic rings. The number of nitrogens with zero attached hydrogens (tertiary/aromatic N) is 2. The van der Waals surface area contributed by atoms with Gasteiger partial charge in [0, 0.05) is 24.0 Å². The minimum absolute atomic E-state index is 0.809. The highest BCUT2D eigenvalue weighted by Gasteiger charge is 2.09. The highest BCUT2D eigenvalue weighted by Crippen LogP contribution is 2.23. The summed E-state index contributed by atoms with van der Waals surface area (Å²) in [6.07, 6.45) is 0. The van der Waals surface area contributed by atoms with Crippen molar-refractivity contribution in [1.29, 1.82) is 0 Å². The van der Waals surface area contributed by atoms with E-state index in [1.807, 2.05) is 19.1 Å². The molecular formula is C12H15ClN2OS. The van der Waals surface area contributed by atoms with Crippen LogP contribution >= 0.6 is 22.9 Å². The maximum absolute atomic E-state index is 5.92. The standard InChI is InChI=1S/C12H15ClN2OS/c1-3-15(7-10-6-9(2)16-14-10)8-11-4-5-12(13)17-11/h4-6H,3,7-8H2,1-2H3. The Kier molecular flexibility index (Phi) is 4.20. The van der Waals surface area contributed by atoms with E-state index in [-0.39, 0.29) is 0 Å². The third-order valence-corrected chi connectivity index (χ3v) is 3.73. The Morgan fingerprint density at radius 3 is 2.76 bits per heavy atom. The highest BCUT2D eigenvalue weighted by molar-refractivity contribution is 7.16. The van der Waals surface area contributed by atoms with Gasteiger partial charge in [-0.05, 0) is 25.6 Å². The lowest BCUT2D eigenvalue weighted by Crippen LogP contribution is -2.21. The minimum Gasteiger partial charge on any atom is -0.361 e. The summed E-state index contributed by atoms with van der Waals surface area (Å²) in [4.78, 5) is 3.58. The van der Waals surface area contributed by atoms with E-state index in [0.717, 1.165) is 35.4 Å². The zero-order valence-electron chi connectivity index (χ0n) is 9.94. The Bertz CT molecular complexity index is 438. The Balaban J connectivity index is 1.97. The second-order valence-electron chi connectivity index (χ2n) is 3.94. The first kappa shape index (κ1) is 12.6. The molecule has 92 valence electrons. The number of halogens is 1. The van der Waals surface area contributed by atoms with Crippen molar-refractivity contribution in [3.8, 4) is 0 Å². The lowest BCUT2D eigenvalue weighted by molar-refractivity contribution is 0.263. The van der Waals surface area contributed by atoms with Gasteiger partial charge in [-0.3, -0.25) is 4.90 Å². The molecule has 0 spiro atoms. The fraction of sp³-hybridized carbons (Fsp3) is 0.417. The fourth-order valence-electron chi connectivity index (χ4n) is 1.66. The normalized spacial score (nSPS) is 11.3. The second kappa shape index (κ2) is 5.67. The van der Waals surface area contributed by atoms with Crippen molar-refractivity contribution < 1.29 is 4.52 Å². The van der Waals surface area contributed by atoms with E-state index in [0.29, 0.717) is 0 Å². The van der Waals surface area contributed by atoms with E-state index in [1.165, 1.54) is 4.88 Å². The van der Waals surface area contributed by atoms with E-state index in [1.54, 1.807) is 11.3 Å². The summed E-state index contributed by atoms with van der Waals surface area (Å²) in [6.45, 7) is 6.73. The van der Waals surface area contributed by atoms with Crippen LogP contribution in [0.5, 0.6) is 0 Å². The minimum atomic E-state index is 0.809. The average Bonchev–Trinajstić information content (AvgIpc) is 2.87. The van der Waals surface area contributed by atoms with Crippen LogP contribution in [-0.4, -0.2) is 16.6 Å². The van der Waals surface area contributed by atoms with E-state index in [4.69, 9.17) is 16.1 Å². The van der Waals surface area contributed by atoms with Gasteiger partial charge in [0.15, 0.2) is 0 Å². The predicted octanol–water partition coefficient (Wildman–Crippen LogP) is 3.72. The molecule has 2 aromatic rings. The molecule has 5 heteroatoms. The van der Waals surface area contributed by atoms with E-state index < -0.39 is 0 Å². The van der Waals surface area contributed by atoms with Gasteiger partial charge in [-0.25, -0.2) is 0 Å². The molecule has 0 aliphatic carbocycles. The number of rotatable bonds is 5. The summed E-state index contributed by atoms with van der Waals surface area (Å²) < 4.78 is 5.91. The number of aryl methyl sites for hydroxylation is 1. The molecule has 0 N–H and O–H groups in total. The Morgan fingerprint density at radius 2 is 2.24 bits per heavy atom. The van der Waals surface area contributed by atoms with Gasteiger partial charge in [-0.15, -0.1) is 11.3 Å². The molecule has 0 radical (unpaired) electrons. The van der Waals surface area contributed by atoms with Crippen LogP contribution in [0.3, 0.4) is 0 Å². The lowest BCUT2D eigenvalue weighted by Gasteiger charge is -2.17. The fourth-order valence-corrected chi connectivity index (χ4v) is 2.79. The lowest BCUT2D eigenvalue weighted by atomic mass is 10.3. The molecule has 17 heavy (non-hydrogen) atoms. The Morgan fingerprint density at radius 1 is 1.41 bits per heavy atom. The van der Waals surface area contributed by atoms with Gasteiger partial charge in [0.1, 0.15) is 5.76 Å². The number of aromatic nitrogens is 1. The van der Waals surface area contributed by atoms with Crippen LogP contribution in [0.1, 0.15) is 23.3 Å². The van der Waals surface area contributed by atoms with Crippen molar-refractivity contribution in [1.82, 2.24) is 10.1 Å². The predicted molar refractivity (Wildman–Crippen MR) is 70.4 cm³/mol. The van der Waals surface area contributed by atoms with Crippen LogP contribution in [-0.2, 0) is 13.1 Å². The maximum atomic E-state index is 5.92. The topological polar surface area (TPSA) is 29.3 Å². The summed E-state index contributed by atoms with van der Waals surface area (Å²) in [5.41, 5.74) is 0.979. The van der Waals surface area contributed by atoms with Gasteiger partial charge in [0.05, 0.1) is 10.0 Å². The first-order valence-electron chi connectivity index (χ1n) is 5.56. The maximum Gasteiger partial charge on any atom is 0.133 e. The Hall–Kier alpha value is -0.840. The van der Waals surface area contributed by atoms with Gasteiger partial charge in [0.2, 0.25) is 0 Å². The van der Waals surface area contributed by atoms with Crippen molar-refractivity contribution in [3.05, 3.63) is 38.9 Å². The smallest absolute Gasteiger partial charge is 0.133 e. The van der Waals surface area contributed by atoms with Gasteiger partial charge in [0.25, 0.3) is 0 Å². The number of hydrogen-bond acceptors (Lipinski definition) is 4. The van der Waals surface area contributed by atoms with E-state index in [9.17, 15) is 0 Å². The van der Waals surface area contributed by atoms with Gasteiger partial charge >= 0.3 is 0 Å². The second-order valence-corrected chi connectivity index (χ2v) is 5.74. The van der Waals surface area contributed by atoms with E-state index in [2.05, 4.69) is 23.0 Å². The van der Waals surface area contributed by atoms with Crippen LogP contribution in [0.15, 0.2) is 22.7 Å². The largest absolute Gasteiger partial charge is 0.361 e. The van der Waals surface area contributed by atoms with Gasteiger partial charge in [-0.1, -0.05) is 23.7 Å². The molecule has 0 fully saturated rings. The number of thiophene rings is 1. The monoisotopic (exact) mass is 270 g/mol. The van der Waals surface area contributed by atoms with Gasteiger partial charge in [-0.2, -0.15) is 0 Å². The van der Waals surface area contributed by atoms with Gasteiger partial charge < -0.3 is 4.52 Å². The Labute approximate surface area is 110 Å². The molecule has 2 heterocycles. The zero-order valence-corrected chi connectivity index (χ0v) is 11.5. The average molecular weight is 271 g/mol. The first-order chi connectivity index (χ1) is 8.17. The van der Waals surface area contributed by atoms with Crippen molar-refractivity contribution in [2.75, 3.05) is 6.54 Å². The third-order valence-electron chi connectivity index (χ3n) is 2.52. The molecular weight excluding hydrogens is 256 g/mol. The molecule has 0 saturated heterocycles. The van der Waals surface area contributed by atoms with Crippen LogP contribution in [0.2, 0.25) is 4.34 Å². The molecule has 0 bridgehead atoms. The summed E-state index contributed by atoms with van der Waals surface area (Å²) in [5, 5.41) is 4.01. The molecule has 0 atom stereocenters. The molecule has 0 unspecified atom stereocenters. The van der Waals surface area contributed by atoms with Crippen molar-refractivity contribution in [2.45, 2.75) is 26.9 Å². The number of hydrogen-bond donors (Lipinski definition) is 0. The third kappa shape index (κ3) is 3.56. The van der Waals surface area contributed by atoms with Crippen LogP contribution < -0.4 is 0 Å². The summed E-state index contributed by atoms with van der Waals surface area (Å²) >= 11 is 7.55. The highest BCUT2D eigenvalue weighted by atomic mass is 35.5. The molecule has 0 saturated carbocycles. The summed E-state index contributed by atoms with van der Waals surface area (Å²) in [6, 6.07) is 5.99. The van der Waals surface area contributed by atoms with Crippen molar-refractivity contribution in [2.24, 2.45) is 0 Å². The molecule has 0 aromatic carbocycles. The molecule has 2 rings (SSSR count). The zero-order chi connectivity index (χ0) is 12.3. The van der Waals surface area contributed by atoms with Crippen molar-refractivity contribution in [3.63, 3.8) is 0 Å². The quantitative estimate of drug-likeness (QED) is 0.829. The van der Waals surface area contributed by atoms with Crippen LogP contribution in [0.25, 0.3) is 0 Å².